The summed E-state index contributed by atoms with van der Waals surface area (Å²) in [4.78, 5) is 11.3. The molecule has 0 bridgehead atoms. The maximum Gasteiger partial charge on any atom is 0.336 e. The van der Waals surface area contributed by atoms with Gasteiger partial charge in [0.15, 0.2) is 0 Å². The predicted molar refractivity (Wildman–Crippen MR) is 86.3 cm³/mol. The van der Waals surface area contributed by atoms with Crippen LogP contribution in [0.3, 0.4) is 0 Å². The lowest BCUT2D eigenvalue weighted by atomic mass is 9.83. The standard InChI is InChI=1S/C19H20O3/c20-16-10-11-17(19(21)22)18(12-16)15-8-6-14(7-9-15)13-4-2-1-3-5-13/h6-13,20H,1-5H2,(H,21,22). The molecule has 0 radical (unpaired) electrons. The second-order valence-electron chi connectivity index (χ2n) is 5.99. The molecule has 3 rings (SSSR count). The first-order valence-electron chi connectivity index (χ1n) is 7.82. The summed E-state index contributed by atoms with van der Waals surface area (Å²) in [6, 6.07) is 12.5. The van der Waals surface area contributed by atoms with E-state index in [1.54, 1.807) is 0 Å². The quantitative estimate of drug-likeness (QED) is 0.855. The van der Waals surface area contributed by atoms with E-state index in [9.17, 15) is 15.0 Å². The van der Waals surface area contributed by atoms with Crippen LogP contribution in [0.15, 0.2) is 42.5 Å². The fourth-order valence-electron chi connectivity index (χ4n) is 3.33. The van der Waals surface area contributed by atoms with E-state index in [2.05, 4.69) is 12.1 Å². The van der Waals surface area contributed by atoms with E-state index >= 15 is 0 Å². The summed E-state index contributed by atoms with van der Waals surface area (Å²) in [5.74, 6) is -0.270. The Bertz CT molecular complexity index is 668. The summed E-state index contributed by atoms with van der Waals surface area (Å²) in [7, 11) is 0. The van der Waals surface area contributed by atoms with Crippen molar-refractivity contribution < 1.29 is 15.0 Å². The minimum absolute atomic E-state index is 0.0800. The van der Waals surface area contributed by atoms with E-state index in [1.807, 2.05) is 12.1 Å². The van der Waals surface area contributed by atoms with Crippen molar-refractivity contribution in [3.63, 3.8) is 0 Å². The first-order valence-corrected chi connectivity index (χ1v) is 7.82. The van der Waals surface area contributed by atoms with Gasteiger partial charge in [-0.3, -0.25) is 0 Å². The molecule has 1 aliphatic carbocycles. The molecule has 0 aliphatic heterocycles. The molecule has 0 atom stereocenters. The highest BCUT2D eigenvalue weighted by Crippen LogP contribution is 2.34. The molecule has 0 amide bonds. The molecule has 2 aromatic rings. The minimum Gasteiger partial charge on any atom is -0.508 e. The summed E-state index contributed by atoms with van der Waals surface area (Å²) in [5, 5.41) is 18.9. The third-order valence-electron chi connectivity index (χ3n) is 4.53. The van der Waals surface area contributed by atoms with Gasteiger partial charge in [0, 0.05) is 0 Å². The molecule has 0 unspecified atom stereocenters. The van der Waals surface area contributed by atoms with Gasteiger partial charge in [0.25, 0.3) is 0 Å². The van der Waals surface area contributed by atoms with Crippen molar-refractivity contribution in [3.05, 3.63) is 53.6 Å². The fraction of sp³-hybridized carbons (Fsp3) is 0.316. The van der Waals surface area contributed by atoms with Crippen LogP contribution >= 0.6 is 0 Å². The van der Waals surface area contributed by atoms with Crippen LogP contribution in [0.25, 0.3) is 11.1 Å². The van der Waals surface area contributed by atoms with Gasteiger partial charge < -0.3 is 10.2 Å². The first-order chi connectivity index (χ1) is 10.6. The molecule has 0 heterocycles. The maximum atomic E-state index is 11.3. The largest absolute Gasteiger partial charge is 0.508 e. The minimum atomic E-state index is -0.980. The Labute approximate surface area is 130 Å². The van der Waals surface area contributed by atoms with E-state index in [4.69, 9.17) is 0 Å². The smallest absolute Gasteiger partial charge is 0.336 e. The van der Waals surface area contributed by atoms with Crippen molar-refractivity contribution >= 4 is 5.97 Å². The molecule has 0 spiro atoms. The zero-order valence-electron chi connectivity index (χ0n) is 12.5. The lowest BCUT2D eigenvalue weighted by Gasteiger charge is -2.22. The Morgan fingerprint density at radius 3 is 2.27 bits per heavy atom. The SMILES string of the molecule is O=C(O)c1ccc(O)cc1-c1ccc(C2CCCCC2)cc1. The average molecular weight is 296 g/mol. The molecule has 1 fully saturated rings. The Balaban J connectivity index is 1.92. The zero-order chi connectivity index (χ0) is 15.5. The van der Waals surface area contributed by atoms with Crippen LogP contribution in [-0.4, -0.2) is 16.2 Å². The van der Waals surface area contributed by atoms with E-state index < -0.39 is 5.97 Å². The number of phenols is 1. The normalized spacial score (nSPS) is 15.6. The van der Waals surface area contributed by atoms with Crippen LogP contribution in [-0.2, 0) is 0 Å². The van der Waals surface area contributed by atoms with Crippen LogP contribution in [0.5, 0.6) is 5.75 Å². The first kappa shape index (κ1) is 14.6. The van der Waals surface area contributed by atoms with Crippen molar-refractivity contribution in [1.82, 2.24) is 0 Å². The molecule has 2 aromatic carbocycles. The third kappa shape index (κ3) is 2.98. The Morgan fingerprint density at radius 1 is 0.955 bits per heavy atom. The molecule has 1 aliphatic rings. The van der Waals surface area contributed by atoms with E-state index in [0.717, 1.165) is 5.56 Å². The molecule has 1 saturated carbocycles. The number of hydrogen-bond acceptors (Lipinski definition) is 2. The molecule has 114 valence electrons. The van der Waals surface area contributed by atoms with Crippen molar-refractivity contribution in [3.8, 4) is 16.9 Å². The average Bonchev–Trinajstić information content (AvgIpc) is 2.55. The van der Waals surface area contributed by atoms with Crippen LogP contribution in [0.2, 0.25) is 0 Å². The summed E-state index contributed by atoms with van der Waals surface area (Å²) in [6.45, 7) is 0. The van der Waals surface area contributed by atoms with Crippen LogP contribution < -0.4 is 0 Å². The summed E-state index contributed by atoms with van der Waals surface area (Å²) in [6.07, 6.45) is 6.40. The van der Waals surface area contributed by atoms with Gasteiger partial charge in [0.2, 0.25) is 0 Å². The van der Waals surface area contributed by atoms with Crippen molar-refractivity contribution in [2.24, 2.45) is 0 Å². The van der Waals surface area contributed by atoms with E-state index in [0.29, 0.717) is 11.5 Å². The topological polar surface area (TPSA) is 57.5 Å². The van der Waals surface area contributed by atoms with Crippen molar-refractivity contribution in [2.75, 3.05) is 0 Å². The number of rotatable bonds is 3. The number of aromatic carboxylic acids is 1. The molecule has 3 heteroatoms. The van der Waals surface area contributed by atoms with Crippen LogP contribution in [0.1, 0.15) is 53.9 Å². The van der Waals surface area contributed by atoms with Crippen molar-refractivity contribution in [1.29, 1.82) is 0 Å². The Kier molecular flexibility index (Phi) is 4.14. The molecule has 2 N–H and O–H groups in total. The second kappa shape index (κ2) is 6.22. The Hall–Kier alpha value is -2.29. The van der Waals surface area contributed by atoms with Gasteiger partial charge >= 0.3 is 5.97 Å². The van der Waals surface area contributed by atoms with Gasteiger partial charge in [-0.05, 0) is 53.6 Å². The molecule has 0 aromatic heterocycles. The zero-order valence-corrected chi connectivity index (χ0v) is 12.5. The number of carboxylic acids is 1. The van der Waals surface area contributed by atoms with Gasteiger partial charge in [-0.1, -0.05) is 43.5 Å². The van der Waals surface area contributed by atoms with E-state index in [-0.39, 0.29) is 11.3 Å². The maximum absolute atomic E-state index is 11.3. The summed E-state index contributed by atoms with van der Waals surface area (Å²) < 4.78 is 0. The number of carboxylic acid groups (broad SMARTS) is 1. The lowest BCUT2D eigenvalue weighted by Crippen LogP contribution is -2.04. The molecule has 3 nitrogen and oxygen atoms in total. The van der Waals surface area contributed by atoms with Gasteiger partial charge in [0.05, 0.1) is 5.56 Å². The fourth-order valence-corrected chi connectivity index (χ4v) is 3.33. The number of phenolic OH excluding ortho intramolecular Hbond substituents is 1. The predicted octanol–water partition coefficient (Wildman–Crippen LogP) is 4.81. The van der Waals surface area contributed by atoms with Crippen LogP contribution in [0, 0.1) is 0 Å². The lowest BCUT2D eigenvalue weighted by molar-refractivity contribution is 0.0697. The molecule has 0 saturated heterocycles. The van der Waals surface area contributed by atoms with Gasteiger partial charge in [-0.15, -0.1) is 0 Å². The Morgan fingerprint density at radius 2 is 1.64 bits per heavy atom. The van der Waals surface area contributed by atoms with Gasteiger partial charge in [-0.25, -0.2) is 4.79 Å². The number of hydrogen-bond donors (Lipinski definition) is 2. The highest BCUT2D eigenvalue weighted by atomic mass is 16.4. The number of aromatic hydroxyl groups is 1. The van der Waals surface area contributed by atoms with Crippen molar-refractivity contribution in [2.45, 2.75) is 38.0 Å². The highest BCUT2D eigenvalue weighted by molar-refractivity contribution is 5.96. The van der Waals surface area contributed by atoms with Gasteiger partial charge in [0.1, 0.15) is 5.75 Å². The monoisotopic (exact) mass is 296 g/mol. The van der Waals surface area contributed by atoms with E-state index in [1.165, 1.54) is 55.9 Å². The number of carbonyl (C=O) groups is 1. The third-order valence-corrected chi connectivity index (χ3v) is 4.53. The summed E-state index contributed by atoms with van der Waals surface area (Å²) in [5.41, 5.74) is 2.93. The molecular weight excluding hydrogens is 276 g/mol. The summed E-state index contributed by atoms with van der Waals surface area (Å²) >= 11 is 0. The highest BCUT2D eigenvalue weighted by Gasteiger charge is 2.16. The number of benzene rings is 2. The molecular formula is C19H20O3. The van der Waals surface area contributed by atoms with Crippen LogP contribution in [0.4, 0.5) is 0 Å². The molecule has 22 heavy (non-hydrogen) atoms. The van der Waals surface area contributed by atoms with Gasteiger partial charge in [-0.2, -0.15) is 0 Å². The second-order valence-corrected chi connectivity index (χ2v) is 5.99.